The Bertz CT molecular complexity index is 869. The van der Waals surface area contributed by atoms with Crippen molar-refractivity contribution < 1.29 is 4.42 Å². The molecule has 102 valence electrons. The van der Waals surface area contributed by atoms with Gasteiger partial charge in [0.25, 0.3) is 4.84 Å². The third-order valence-corrected chi connectivity index (χ3v) is 2.95. The van der Waals surface area contributed by atoms with E-state index in [2.05, 4.69) is 15.3 Å². The molecule has 9 heteroatoms. The molecule has 0 atom stereocenters. The van der Waals surface area contributed by atoms with Crippen LogP contribution < -0.4 is 11.5 Å². The normalized spacial score (nSPS) is 10.8. The Morgan fingerprint density at radius 1 is 1.35 bits per heavy atom. The molecule has 0 fully saturated rings. The number of benzene rings is 1. The van der Waals surface area contributed by atoms with Crippen molar-refractivity contribution in [2.45, 2.75) is 6.92 Å². The summed E-state index contributed by atoms with van der Waals surface area (Å²) in [5, 5.41) is 10.5. The maximum Gasteiger partial charge on any atom is 0.369 e. The fourth-order valence-corrected chi connectivity index (χ4v) is 1.87. The largest absolute Gasteiger partial charge is 0.409 e. The molecule has 0 unspecified atom stereocenters. The third-order valence-electron chi connectivity index (χ3n) is 2.78. The summed E-state index contributed by atoms with van der Waals surface area (Å²) in [6.07, 6.45) is 0. The minimum absolute atomic E-state index is 0.206. The second kappa shape index (κ2) is 4.46. The molecule has 0 saturated heterocycles. The van der Waals surface area contributed by atoms with Crippen LogP contribution in [0.15, 0.2) is 33.5 Å². The average Bonchev–Trinajstić information content (AvgIpc) is 2.99. The number of aromatic nitrogens is 5. The quantitative estimate of drug-likeness (QED) is 0.533. The summed E-state index contributed by atoms with van der Waals surface area (Å²) < 4.78 is 7.41. The number of aryl methyl sites for hydroxylation is 1. The predicted octanol–water partition coefficient (Wildman–Crippen LogP) is 0.769. The first kappa shape index (κ1) is 12.4. The van der Waals surface area contributed by atoms with Crippen LogP contribution in [0.4, 0.5) is 0 Å². The van der Waals surface area contributed by atoms with Crippen molar-refractivity contribution in [1.29, 1.82) is 0 Å². The first-order valence-corrected chi connectivity index (χ1v) is 6.07. The van der Waals surface area contributed by atoms with Crippen LogP contribution in [-0.4, -0.2) is 24.7 Å². The Morgan fingerprint density at radius 3 is 2.55 bits per heavy atom. The van der Waals surface area contributed by atoms with E-state index in [1.807, 2.05) is 0 Å². The number of nitrogens with two attached hydrogens (primary N) is 1. The molecule has 0 bridgehead atoms. The average molecular weight is 290 g/mol. The molecule has 0 amide bonds. The van der Waals surface area contributed by atoms with Gasteiger partial charge in [-0.05, 0) is 43.4 Å². The summed E-state index contributed by atoms with van der Waals surface area (Å²) >= 11 is 4.81. The summed E-state index contributed by atoms with van der Waals surface area (Å²) in [6.45, 7) is 1.65. The van der Waals surface area contributed by atoms with E-state index in [0.29, 0.717) is 17.4 Å². The van der Waals surface area contributed by atoms with Crippen LogP contribution in [0, 0.1) is 11.8 Å². The van der Waals surface area contributed by atoms with Crippen molar-refractivity contribution in [2.24, 2.45) is 0 Å². The van der Waals surface area contributed by atoms with E-state index in [1.165, 1.54) is 4.68 Å². The Balaban J connectivity index is 2.03. The van der Waals surface area contributed by atoms with E-state index in [1.54, 1.807) is 31.2 Å². The molecule has 0 spiro atoms. The monoisotopic (exact) mass is 290 g/mol. The molecule has 0 aliphatic carbocycles. The highest BCUT2D eigenvalue weighted by molar-refractivity contribution is 7.71. The van der Waals surface area contributed by atoms with Crippen LogP contribution >= 0.6 is 12.2 Å². The smallest absolute Gasteiger partial charge is 0.369 e. The van der Waals surface area contributed by atoms with E-state index in [-0.39, 0.29) is 4.84 Å². The molecule has 3 rings (SSSR count). The molecule has 3 N–H and O–H groups in total. The van der Waals surface area contributed by atoms with E-state index in [4.69, 9.17) is 22.5 Å². The van der Waals surface area contributed by atoms with Gasteiger partial charge in [0.2, 0.25) is 5.89 Å². The lowest BCUT2D eigenvalue weighted by Crippen LogP contribution is -2.29. The molecule has 8 nitrogen and oxygen atoms in total. The molecule has 2 aromatic heterocycles. The fourth-order valence-electron chi connectivity index (χ4n) is 1.74. The molecular formula is C11H10N6O2S. The van der Waals surface area contributed by atoms with Crippen LogP contribution in [0.25, 0.3) is 17.1 Å². The van der Waals surface area contributed by atoms with Gasteiger partial charge in [-0.15, -0.1) is 10.2 Å². The Morgan fingerprint density at radius 2 is 2.05 bits per heavy atom. The Labute approximate surface area is 117 Å². The number of hydrogen-bond acceptors (Lipinski definition) is 6. The Kier molecular flexibility index (Phi) is 2.75. The number of nitrogen functional groups attached to an aromatic ring is 1. The summed E-state index contributed by atoms with van der Waals surface area (Å²) in [5.74, 6) is 6.36. The molecule has 2 heterocycles. The molecule has 0 saturated carbocycles. The number of H-pyrrole nitrogens is 1. The number of nitrogens with zero attached hydrogens (tertiary/aromatic N) is 4. The Hall–Kier alpha value is -2.68. The van der Waals surface area contributed by atoms with Crippen LogP contribution in [0.2, 0.25) is 0 Å². The summed E-state index contributed by atoms with van der Waals surface area (Å²) in [7, 11) is 0. The number of hydrogen-bond donors (Lipinski definition) is 2. The van der Waals surface area contributed by atoms with Crippen molar-refractivity contribution >= 4 is 12.2 Å². The van der Waals surface area contributed by atoms with Gasteiger partial charge in [-0.25, -0.2) is 9.89 Å². The SMILES string of the molecule is Cc1nn(-c2ccc(-c3n[nH]c(=S)o3)cc2)c(=O)n1N. The van der Waals surface area contributed by atoms with E-state index >= 15 is 0 Å². The van der Waals surface area contributed by atoms with Gasteiger partial charge in [0.15, 0.2) is 5.82 Å². The number of aromatic amines is 1. The standard InChI is InChI=1S/C11H10N6O2S/c1-6-15-17(11(18)16(6)12)8-4-2-7(3-5-8)9-13-14-10(20)19-9/h2-5H,12H2,1H3,(H,14,20). The maximum atomic E-state index is 11.8. The van der Waals surface area contributed by atoms with Gasteiger partial charge in [0.05, 0.1) is 5.69 Å². The molecule has 3 aromatic rings. The van der Waals surface area contributed by atoms with Crippen LogP contribution in [0.1, 0.15) is 5.82 Å². The zero-order valence-electron chi connectivity index (χ0n) is 10.4. The van der Waals surface area contributed by atoms with Crippen LogP contribution in [0.3, 0.4) is 0 Å². The highest BCUT2D eigenvalue weighted by Gasteiger charge is 2.10. The second-order valence-corrected chi connectivity index (χ2v) is 4.45. The van der Waals surface area contributed by atoms with Gasteiger partial charge in [-0.3, -0.25) is 0 Å². The summed E-state index contributed by atoms with van der Waals surface area (Å²) in [6, 6.07) is 6.94. The first-order chi connectivity index (χ1) is 9.56. The third kappa shape index (κ3) is 1.93. The van der Waals surface area contributed by atoms with E-state index in [9.17, 15) is 4.79 Å². The molecule has 0 aliphatic rings. The zero-order valence-corrected chi connectivity index (χ0v) is 11.2. The van der Waals surface area contributed by atoms with E-state index in [0.717, 1.165) is 10.2 Å². The second-order valence-electron chi connectivity index (χ2n) is 4.08. The molecule has 0 radical (unpaired) electrons. The van der Waals surface area contributed by atoms with E-state index < -0.39 is 5.69 Å². The van der Waals surface area contributed by atoms with Crippen molar-refractivity contribution in [2.75, 3.05) is 5.84 Å². The topological polar surface area (TPSA) is 108 Å². The highest BCUT2D eigenvalue weighted by atomic mass is 32.1. The fraction of sp³-hybridized carbons (Fsp3) is 0.0909. The lowest BCUT2D eigenvalue weighted by molar-refractivity contribution is 0.552. The van der Waals surface area contributed by atoms with Gasteiger partial charge in [0.1, 0.15) is 0 Å². The predicted molar refractivity (Wildman–Crippen MR) is 73.4 cm³/mol. The van der Waals surface area contributed by atoms with Crippen molar-refractivity contribution in [3.05, 3.63) is 45.4 Å². The molecular weight excluding hydrogens is 280 g/mol. The molecule has 1 aromatic carbocycles. The number of nitrogens with one attached hydrogen (secondary N) is 1. The maximum absolute atomic E-state index is 11.8. The minimum atomic E-state index is -0.410. The van der Waals surface area contributed by atoms with Gasteiger partial charge in [-0.2, -0.15) is 9.36 Å². The van der Waals surface area contributed by atoms with Gasteiger partial charge in [-0.1, -0.05) is 0 Å². The number of rotatable bonds is 2. The van der Waals surface area contributed by atoms with Crippen LogP contribution in [-0.2, 0) is 0 Å². The van der Waals surface area contributed by atoms with Crippen molar-refractivity contribution in [3.8, 4) is 17.1 Å². The molecule has 20 heavy (non-hydrogen) atoms. The van der Waals surface area contributed by atoms with Crippen LogP contribution in [0.5, 0.6) is 0 Å². The van der Waals surface area contributed by atoms with Gasteiger partial charge in [0, 0.05) is 5.56 Å². The van der Waals surface area contributed by atoms with Crippen molar-refractivity contribution in [3.63, 3.8) is 0 Å². The lowest BCUT2D eigenvalue weighted by atomic mass is 10.2. The zero-order chi connectivity index (χ0) is 14.3. The van der Waals surface area contributed by atoms with Gasteiger partial charge >= 0.3 is 5.69 Å². The first-order valence-electron chi connectivity index (χ1n) is 5.66. The summed E-state index contributed by atoms with van der Waals surface area (Å²) in [4.78, 5) is 12.0. The summed E-state index contributed by atoms with van der Waals surface area (Å²) in [5.41, 5.74) is 0.922. The van der Waals surface area contributed by atoms with Crippen molar-refractivity contribution in [1.82, 2.24) is 24.7 Å². The molecule has 0 aliphatic heterocycles. The highest BCUT2D eigenvalue weighted by Crippen LogP contribution is 2.18. The lowest BCUT2D eigenvalue weighted by Gasteiger charge is -2.00. The van der Waals surface area contributed by atoms with Gasteiger partial charge < -0.3 is 10.3 Å². The minimum Gasteiger partial charge on any atom is -0.409 e.